The first-order valence-electron chi connectivity index (χ1n) is 6.20. The number of amides is 1. The van der Waals surface area contributed by atoms with Crippen LogP contribution in [0.2, 0.25) is 0 Å². The van der Waals surface area contributed by atoms with Gasteiger partial charge in [-0.2, -0.15) is 0 Å². The number of hydrogen-bond acceptors (Lipinski definition) is 1. The van der Waals surface area contributed by atoms with E-state index in [0.717, 1.165) is 31.5 Å². The summed E-state index contributed by atoms with van der Waals surface area (Å²) in [5, 5.41) is 0. The lowest BCUT2D eigenvalue weighted by molar-refractivity contribution is -0.130. The molecule has 0 aliphatic heterocycles. The molecule has 0 aliphatic rings. The predicted molar refractivity (Wildman–Crippen MR) is 80.0 cm³/mol. The van der Waals surface area contributed by atoms with E-state index in [9.17, 15) is 4.79 Å². The van der Waals surface area contributed by atoms with Crippen molar-refractivity contribution in [1.29, 1.82) is 0 Å². The smallest absolute Gasteiger partial charge is 0.227 e. The molecule has 0 atom stereocenters. The first-order valence-corrected chi connectivity index (χ1v) is 7.28. The molecular weight excluding hydrogens is 325 g/mol. The number of hydrogen-bond donors (Lipinski definition) is 0. The highest BCUT2D eigenvalue weighted by molar-refractivity contribution is 14.1. The van der Waals surface area contributed by atoms with Crippen LogP contribution in [0.4, 0.5) is 0 Å². The van der Waals surface area contributed by atoms with Gasteiger partial charge in [-0.3, -0.25) is 4.79 Å². The van der Waals surface area contributed by atoms with Gasteiger partial charge in [-0.1, -0.05) is 32.0 Å². The monoisotopic (exact) mass is 345 g/mol. The summed E-state index contributed by atoms with van der Waals surface area (Å²) < 4.78 is 1.17. The highest BCUT2D eigenvalue weighted by atomic mass is 127. The summed E-state index contributed by atoms with van der Waals surface area (Å²) in [6, 6.07) is 8.09. The Labute approximate surface area is 118 Å². The van der Waals surface area contributed by atoms with E-state index in [2.05, 4.69) is 36.4 Å². The summed E-state index contributed by atoms with van der Waals surface area (Å²) in [4.78, 5) is 14.1. The van der Waals surface area contributed by atoms with Gasteiger partial charge in [0.2, 0.25) is 5.91 Å². The Morgan fingerprint density at radius 3 is 2.29 bits per heavy atom. The SMILES string of the molecule is CCCN(CCC)C(=O)Cc1ccccc1I. The summed E-state index contributed by atoms with van der Waals surface area (Å²) in [7, 11) is 0. The lowest BCUT2D eigenvalue weighted by atomic mass is 10.1. The summed E-state index contributed by atoms with van der Waals surface area (Å²) in [5.41, 5.74) is 1.13. The second kappa shape index (κ2) is 7.69. The van der Waals surface area contributed by atoms with Crippen molar-refractivity contribution in [3.05, 3.63) is 33.4 Å². The average molecular weight is 345 g/mol. The van der Waals surface area contributed by atoms with E-state index in [0.29, 0.717) is 6.42 Å². The fourth-order valence-electron chi connectivity index (χ4n) is 1.82. The fraction of sp³-hybridized carbons (Fsp3) is 0.500. The minimum atomic E-state index is 0.248. The van der Waals surface area contributed by atoms with Crippen LogP contribution in [0.1, 0.15) is 32.3 Å². The Morgan fingerprint density at radius 1 is 1.18 bits per heavy atom. The molecule has 0 aromatic heterocycles. The zero-order valence-corrected chi connectivity index (χ0v) is 12.7. The predicted octanol–water partition coefficient (Wildman–Crippen LogP) is 3.48. The van der Waals surface area contributed by atoms with Crippen molar-refractivity contribution < 1.29 is 4.79 Å². The summed E-state index contributed by atoms with van der Waals surface area (Å²) in [5.74, 6) is 0.248. The number of nitrogens with zero attached hydrogens (tertiary/aromatic N) is 1. The summed E-state index contributed by atoms with van der Waals surface area (Å²) in [6.45, 7) is 5.97. The number of halogens is 1. The average Bonchev–Trinajstić information content (AvgIpc) is 2.32. The van der Waals surface area contributed by atoms with Gasteiger partial charge in [0.15, 0.2) is 0 Å². The Bertz CT molecular complexity index is 359. The fourth-order valence-corrected chi connectivity index (χ4v) is 2.40. The summed E-state index contributed by atoms with van der Waals surface area (Å²) in [6.07, 6.45) is 2.58. The van der Waals surface area contributed by atoms with Crippen molar-refractivity contribution in [2.24, 2.45) is 0 Å². The number of carbonyl (C=O) groups excluding carboxylic acids is 1. The molecule has 0 saturated carbocycles. The van der Waals surface area contributed by atoms with E-state index in [1.807, 2.05) is 29.2 Å². The Balaban J connectivity index is 2.66. The van der Waals surface area contributed by atoms with Crippen LogP contribution in [-0.2, 0) is 11.2 Å². The molecule has 1 aromatic carbocycles. The van der Waals surface area contributed by atoms with Crippen LogP contribution < -0.4 is 0 Å². The van der Waals surface area contributed by atoms with Gasteiger partial charge in [0.1, 0.15) is 0 Å². The molecule has 0 fully saturated rings. The summed E-state index contributed by atoms with van der Waals surface area (Å²) >= 11 is 2.29. The minimum absolute atomic E-state index is 0.248. The number of carbonyl (C=O) groups is 1. The van der Waals surface area contributed by atoms with Gasteiger partial charge in [-0.05, 0) is 47.1 Å². The second-order valence-electron chi connectivity index (χ2n) is 4.15. The molecule has 1 aromatic rings. The maximum Gasteiger partial charge on any atom is 0.227 e. The van der Waals surface area contributed by atoms with E-state index in [1.54, 1.807) is 0 Å². The number of benzene rings is 1. The molecule has 0 unspecified atom stereocenters. The third kappa shape index (κ3) is 4.66. The van der Waals surface area contributed by atoms with Gasteiger partial charge >= 0.3 is 0 Å². The molecule has 0 bridgehead atoms. The molecule has 1 rings (SSSR count). The van der Waals surface area contributed by atoms with Crippen molar-refractivity contribution in [3.63, 3.8) is 0 Å². The molecule has 0 N–H and O–H groups in total. The van der Waals surface area contributed by atoms with E-state index in [-0.39, 0.29) is 5.91 Å². The molecule has 3 heteroatoms. The molecular formula is C14H20INO. The van der Waals surface area contributed by atoms with Gasteiger partial charge in [-0.15, -0.1) is 0 Å². The van der Waals surface area contributed by atoms with Crippen molar-refractivity contribution in [2.75, 3.05) is 13.1 Å². The van der Waals surface area contributed by atoms with E-state index in [4.69, 9.17) is 0 Å². The third-order valence-corrected chi connectivity index (χ3v) is 3.69. The lowest BCUT2D eigenvalue weighted by Gasteiger charge is -2.21. The Morgan fingerprint density at radius 2 is 1.76 bits per heavy atom. The quantitative estimate of drug-likeness (QED) is 0.723. The van der Waals surface area contributed by atoms with Crippen molar-refractivity contribution in [1.82, 2.24) is 4.90 Å². The van der Waals surface area contributed by atoms with Crippen LogP contribution in [0, 0.1) is 3.57 Å². The van der Waals surface area contributed by atoms with Crippen molar-refractivity contribution in [2.45, 2.75) is 33.1 Å². The molecule has 94 valence electrons. The van der Waals surface area contributed by atoms with E-state index < -0.39 is 0 Å². The van der Waals surface area contributed by atoms with Crippen LogP contribution in [0.25, 0.3) is 0 Å². The minimum Gasteiger partial charge on any atom is -0.342 e. The molecule has 0 aliphatic carbocycles. The topological polar surface area (TPSA) is 20.3 Å². The van der Waals surface area contributed by atoms with Crippen molar-refractivity contribution >= 4 is 28.5 Å². The number of rotatable bonds is 6. The van der Waals surface area contributed by atoms with Crippen LogP contribution in [0.5, 0.6) is 0 Å². The second-order valence-corrected chi connectivity index (χ2v) is 5.31. The molecule has 17 heavy (non-hydrogen) atoms. The van der Waals surface area contributed by atoms with Crippen LogP contribution in [0.15, 0.2) is 24.3 Å². The maximum atomic E-state index is 12.2. The molecule has 0 radical (unpaired) electrons. The van der Waals surface area contributed by atoms with Crippen molar-refractivity contribution in [3.8, 4) is 0 Å². The third-order valence-electron chi connectivity index (χ3n) is 2.64. The van der Waals surface area contributed by atoms with Crippen LogP contribution >= 0.6 is 22.6 Å². The largest absolute Gasteiger partial charge is 0.342 e. The lowest BCUT2D eigenvalue weighted by Crippen LogP contribution is -2.33. The van der Waals surface area contributed by atoms with Gasteiger partial charge in [0.05, 0.1) is 6.42 Å². The van der Waals surface area contributed by atoms with E-state index in [1.165, 1.54) is 3.57 Å². The Hall–Kier alpha value is -0.580. The normalized spacial score (nSPS) is 10.3. The Kier molecular flexibility index (Phi) is 6.55. The standard InChI is InChI=1S/C14H20INO/c1-3-9-16(10-4-2)14(17)11-12-7-5-6-8-13(12)15/h5-8H,3-4,9-11H2,1-2H3. The first-order chi connectivity index (χ1) is 8.19. The highest BCUT2D eigenvalue weighted by Gasteiger charge is 2.13. The molecule has 0 spiro atoms. The molecule has 0 saturated heterocycles. The van der Waals surface area contributed by atoms with E-state index >= 15 is 0 Å². The van der Waals surface area contributed by atoms with Gasteiger partial charge < -0.3 is 4.90 Å². The molecule has 2 nitrogen and oxygen atoms in total. The van der Waals surface area contributed by atoms with Crippen LogP contribution in [0.3, 0.4) is 0 Å². The zero-order chi connectivity index (χ0) is 12.7. The molecule has 1 amide bonds. The maximum absolute atomic E-state index is 12.2. The molecule has 0 heterocycles. The highest BCUT2D eigenvalue weighted by Crippen LogP contribution is 2.13. The zero-order valence-electron chi connectivity index (χ0n) is 10.6. The van der Waals surface area contributed by atoms with Gasteiger partial charge in [0, 0.05) is 16.7 Å². The van der Waals surface area contributed by atoms with Gasteiger partial charge in [-0.25, -0.2) is 0 Å². The van der Waals surface area contributed by atoms with Crippen LogP contribution in [-0.4, -0.2) is 23.9 Å². The first kappa shape index (κ1) is 14.5. The van der Waals surface area contributed by atoms with Gasteiger partial charge in [0.25, 0.3) is 0 Å².